The standard InChI is InChI=1S/C27H30N2O6/c1-18-14-22(19(2)29(18)16-21-10-6-12-33-21)24(30)17-35-27(32)23(15-20-8-4-3-5-9-20)28-26(31)25-11-7-13-34-25/h3-5,7-9,11,13-14,21,23H,6,10,12,15-17H2,1-2H3,(H,28,31)/t21?,23-/m0/s1. The van der Waals surface area contributed by atoms with E-state index in [2.05, 4.69) is 9.88 Å². The van der Waals surface area contributed by atoms with Gasteiger partial charge in [-0.3, -0.25) is 9.59 Å². The van der Waals surface area contributed by atoms with Crippen LogP contribution in [0.5, 0.6) is 0 Å². The summed E-state index contributed by atoms with van der Waals surface area (Å²) in [6, 6.07) is 13.2. The number of carbonyl (C=O) groups is 3. The number of Topliss-reactive ketones (excluding diaryl/α,β-unsaturated/α-hetero) is 1. The predicted molar refractivity (Wildman–Crippen MR) is 128 cm³/mol. The van der Waals surface area contributed by atoms with Crippen LogP contribution in [0.3, 0.4) is 0 Å². The van der Waals surface area contributed by atoms with Crippen molar-refractivity contribution >= 4 is 17.7 Å². The fourth-order valence-corrected chi connectivity index (χ4v) is 4.35. The monoisotopic (exact) mass is 478 g/mol. The lowest BCUT2D eigenvalue weighted by Crippen LogP contribution is -2.43. The highest BCUT2D eigenvalue weighted by Gasteiger charge is 2.26. The molecule has 0 bridgehead atoms. The number of rotatable bonds is 10. The molecule has 0 spiro atoms. The van der Waals surface area contributed by atoms with E-state index < -0.39 is 24.5 Å². The zero-order valence-corrected chi connectivity index (χ0v) is 20.0. The van der Waals surface area contributed by atoms with Crippen molar-refractivity contribution in [1.82, 2.24) is 9.88 Å². The SMILES string of the molecule is Cc1cc(C(=O)COC(=O)[C@H](Cc2ccccc2)NC(=O)c2ccco2)c(C)n1CC1CCCO1. The minimum Gasteiger partial charge on any atom is -0.459 e. The molecule has 3 aromatic rings. The molecule has 0 radical (unpaired) electrons. The van der Waals surface area contributed by atoms with Crippen molar-refractivity contribution in [3.8, 4) is 0 Å². The average Bonchev–Trinajstić information content (AvgIpc) is 3.62. The molecule has 8 heteroatoms. The molecule has 8 nitrogen and oxygen atoms in total. The normalized spacial score (nSPS) is 16.1. The Morgan fingerprint density at radius 2 is 1.94 bits per heavy atom. The number of hydrogen-bond donors (Lipinski definition) is 1. The fraction of sp³-hybridized carbons (Fsp3) is 0.370. The second-order valence-electron chi connectivity index (χ2n) is 8.75. The van der Waals surface area contributed by atoms with Gasteiger partial charge >= 0.3 is 5.97 Å². The lowest BCUT2D eigenvalue weighted by molar-refractivity contribution is -0.144. The maximum Gasteiger partial charge on any atom is 0.329 e. The number of amides is 1. The smallest absolute Gasteiger partial charge is 0.329 e. The lowest BCUT2D eigenvalue weighted by Gasteiger charge is -2.17. The molecule has 1 N–H and O–H groups in total. The Kier molecular flexibility index (Phi) is 7.82. The van der Waals surface area contributed by atoms with Crippen LogP contribution >= 0.6 is 0 Å². The van der Waals surface area contributed by atoms with Crippen LogP contribution < -0.4 is 5.32 Å². The molecule has 0 aliphatic carbocycles. The van der Waals surface area contributed by atoms with E-state index in [0.717, 1.165) is 36.4 Å². The molecule has 184 valence electrons. The van der Waals surface area contributed by atoms with Crippen molar-refractivity contribution in [3.05, 3.63) is 83.1 Å². The summed E-state index contributed by atoms with van der Waals surface area (Å²) in [7, 11) is 0. The molecule has 2 atom stereocenters. The molecule has 1 unspecified atom stereocenters. The second-order valence-corrected chi connectivity index (χ2v) is 8.75. The largest absolute Gasteiger partial charge is 0.459 e. The van der Waals surface area contributed by atoms with Gasteiger partial charge in [-0.2, -0.15) is 0 Å². The van der Waals surface area contributed by atoms with Crippen molar-refractivity contribution in [2.45, 2.75) is 51.8 Å². The van der Waals surface area contributed by atoms with Gasteiger partial charge in [0.1, 0.15) is 6.04 Å². The number of ketones is 1. The van der Waals surface area contributed by atoms with E-state index in [9.17, 15) is 14.4 Å². The summed E-state index contributed by atoms with van der Waals surface area (Å²) in [5.74, 6) is -1.42. The van der Waals surface area contributed by atoms with Crippen LogP contribution in [-0.2, 0) is 27.2 Å². The summed E-state index contributed by atoms with van der Waals surface area (Å²) < 4.78 is 18.3. The molecule has 1 aliphatic rings. The highest BCUT2D eigenvalue weighted by molar-refractivity contribution is 6.00. The van der Waals surface area contributed by atoms with E-state index in [0.29, 0.717) is 12.1 Å². The van der Waals surface area contributed by atoms with Gasteiger partial charge in [0, 0.05) is 36.5 Å². The number of aromatic nitrogens is 1. The first kappa shape index (κ1) is 24.5. The van der Waals surface area contributed by atoms with E-state index in [1.54, 1.807) is 6.07 Å². The van der Waals surface area contributed by atoms with E-state index in [1.807, 2.05) is 50.2 Å². The van der Waals surface area contributed by atoms with Gasteiger partial charge in [-0.1, -0.05) is 30.3 Å². The third-order valence-electron chi connectivity index (χ3n) is 6.25. The zero-order chi connectivity index (χ0) is 24.8. The van der Waals surface area contributed by atoms with Crippen LogP contribution in [0.15, 0.2) is 59.2 Å². The van der Waals surface area contributed by atoms with Crippen LogP contribution in [0.1, 0.15) is 50.7 Å². The molecule has 1 fully saturated rings. The third-order valence-corrected chi connectivity index (χ3v) is 6.25. The van der Waals surface area contributed by atoms with Gasteiger partial charge in [0.2, 0.25) is 5.78 Å². The van der Waals surface area contributed by atoms with Gasteiger partial charge < -0.3 is 23.8 Å². The Morgan fingerprint density at radius 3 is 2.63 bits per heavy atom. The molecule has 1 amide bonds. The number of nitrogens with one attached hydrogen (secondary N) is 1. The van der Waals surface area contributed by atoms with Crippen LogP contribution in [0, 0.1) is 13.8 Å². The van der Waals surface area contributed by atoms with E-state index >= 15 is 0 Å². The maximum absolute atomic E-state index is 12.9. The summed E-state index contributed by atoms with van der Waals surface area (Å²) in [4.78, 5) is 38.4. The molecule has 3 heterocycles. The Morgan fingerprint density at radius 1 is 1.14 bits per heavy atom. The van der Waals surface area contributed by atoms with E-state index in [1.165, 1.54) is 12.3 Å². The van der Waals surface area contributed by atoms with Crippen LogP contribution in [0.4, 0.5) is 0 Å². The number of benzene rings is 1. The zero-order valence-electron chi connectivity index (χ0n) is 20.0. The van der Waals surface area contributed by atoms with Crippen LogP contribution in [-0.4, -0.2) is 47.6 Å². The first-order valence-electron chi connectivity index (χ1n) is 11.8. The molecular formula is C27H30N2O6. The van der Waals surface area contributed by atoms with Gasteiger partial charge in [0.15, 0.2) is 12.4 Å². The van der Waals surface area contributed by atoms with Crippen molar-refractivity contribution in [3.63, 3.8) is 0 Å². The number of furan rings is 1. The van der Waals surface area contributed by atoms with E-state index in [-0.39, 0.29) is 24.1 Å². The van der Waals surface area contributed by atoms with Crippen molar-refractivity contribution < 1.29 is 28.3 Å². The van der Waals surface area contributed by atoms with Crippen molar-refractivity contribution in [2.75, 3.05) is 13.2 Å². The number of ether oxygens (including phenoxy) is 2. The topological polar surface area (TPSA) is 99.8 Å². The molecule has 2 aromatic heterocycles. The molecule has 35 heavy (non-hydrogen) atoms. The molecule has 1 aromatic carbocycles. The molecule has 1 aliphatic heterocycles. The number of hydrogen-bond acceptors (Lipinski definition) is 6. The van der Waals surface area contributed by atoms with Crippen LogP contribution in [0.25, 0.3) is 0 Å². The molecule has 4 rings (SSSR count). The summed E-state index contributed by atoms with van der Waals surface area (Å²) in [6.45, 7) is 4.89. The second kappa shape index (κ2) is 11.2. The first-order valence-corrected chi connectivity index (χ1v) is 11.8. The quantitative estimate of drug-likeness (QED) is 0.353. The van der Waals surface area contributed by atoms with Crippen LogP contribution in [0.2, 0.25) is 0 Å². The molecule has 1 saturated heterocycles. The average molecular weight is 479 g/mol. The highest BCUT2D eigenvalue weighted by atomic mass is 16.5. The summed E-state index contributed by atoms with van der Waals surface area (Å²) in [5.41, 5.74) is 3.15. The minimum atomic E-state index is -0.977. The fourth-order valence-electron chi connectivity index (χ4n) is 4.35. The Balaban J connectivity index is 1.41. The lowest BCUT2D eigenvalue weighted by atomic mass is 10.1. The maximum atomic E-state index is 12.9. The van der Waals surface area contributed by atoms with Gasteiger partial charge in [-0.15, -0.1) is 0 Å². The summed E-state index contributed by atoms with van der Waals surface area (Å²) in [6.07, 6.45) is 3.80. The van der Waals surface area contributed by atoms with Gasteiger partial charge in [-0.25, -0.2) is 4.79 Å². The number of nitrogens with zero attached hydrogens (tertiary/aromatic N) is 1. The predicted octanol–water partition coefficient (Wildman–Crippen LogP) is 3.64. The first-order chi connectivity index (χ1) is 16.9. The van der Waals surface area contributed by atoms with Crippen molar-refractivity contribution in [2.24, 2.45) is 0 Å². The summed E-state index contributed by atoms with van der Waals surface area (Å²) in [5, 5.41) is 2.66. The highest BCUT2D eigenvalue weighted by Crippen LogP contribution is 2.21. The van der Waals surface area contributed by atoms with Gasteiger partial charge in [-0.05, 0) is 50.5 Å². The van der Waals surface area contributed by atoms with E-state index in [4.69, 9.17) is 13.9 Å². The number of esters is 1. The molecule has 0 saturated carbocycles. The molecular weight excluding hydrogens is 448 g/mol. The number of aryl methyl sites for hydroxylation is 1. The Labute approximate surface area is 204 Å². The van der Waals surface area contributed by atoms with Gasteiger partial charge in [0.25, 0.3) is 5.91 Å². The van der Waals surface area contributed by atoms with Gasteiger partial charge in [0.05, 0.1) is 12.4 Å². The number of carbonyl (C=O) groups excluding carboxylic acids is 3. The summed E-state index contributed by atoms with van der Waals surface area (Å²) >= 11 is 0. The van der Waals surface area contributed by atoms with Crippen molar-refractivity contribution in [1.29, 1.82) is 0 Å². The minimum absolute atomic E-state index is 0.0885. The Hall–Kier alpha value is -3.65. The third kappa shape index (κ3) is 6.08. The Bertz CT molecular complexity index is 1160.